The molecule has 19 heavy (non-hydrogen) atoms. The summed E-state index contributed by atoms with van der Waals surface area (Å²) in [5, 5.41) is 9.19. The fourth-order valence-corrected chi connectivity index (χ4v) is 2.11. The second-order valence-electron chi connectivity index (χ2n) is 6.36. The molecule has 1 saturated heterocycles. The van der Waals surface area contributed by atoms with Crippen molar-refractivity contribution in [3.63, 3.8) is 0 Å². The molecule has 0 atom stereocenters. The zero-order chi connectivity index (χ0) is 14.8. The van der Waals surface area contributed by atoms with Crippen LogP contribution in [-0.2, 0) is 4.79 Å². The van der Waals surface area contributed by atoms with Gasteiger partial charge in [0, 0.05) is 25.7 Å². The van der Waals surface area contributed by atoms with Crippen LogP contribution in [0.3, 0.4) is 0 Å². The Balaban J connectivity index is 2.66. The minimum atomic E-state index is -0.762. The van der Waals surface area contributed by atoms with Crippen molar-refractivity contribution in [2.75, 3.05) is 20.1 Å². The van der Waals surface area contributed by atoms with Crippen molar-refractivity contribution >= 4 is 12.0 Å². The Hall–Kier alpha value is -1.26. The van der Waals surface area contributed by atoms with Gasteiger partial charge in [0.2, 0.25) is 0 Å². The van der Waals surface area contributed by atoms with Crippen molar-refractivity contribution in [2.24, 2.45) is 5.41 Å². The first kappa shape index (κ1) is 15.8. The van der Waals surface area contributed by atoms with Crippen LogP contribution in [-0.4, -0.2) is 52.6 Å². The van der Waals surface area contributed by atoms with Gasteiger partial charge in [-0.15, -0.1) is 0 Å². The van der Waals surface area contributed by atoms with Gasteiger partial charge in [-0.25, -0.2) is 4.79 Å². The van der Waals surface area contributed by atoms with Crippen LogP contribution >= 0.6 is 0 Å². The van der Waals surface area contributed by atoms with Crippen molar-refractivity contribution in [2.45, 2.75) is 52.5 Å². The summed E-state index contributed by atoms with van der Waals surface area (Å²) >= 11 is 0. The SMILES string of the molecule is CCC(C)(C)N(C)C(=O)N1CCC(C)(C(=O)O)CC1. The number of carbonyl (C=O) groups excluding carboxylic acids is 1. The van der Waals surface area contributed by atoms with E-state index in [2.05, 4.69) is 6.92 Å². The summed E-state index contributed by atoms with van der Waals surface area (Å²) in [4.78, 5) is 27.1. The molecule has 0 aromatic rings. The minimum absolute atomic E-state index is 0.000659. The Morgan fingerprint density at radius 3 is 2.16 bits per heavy atom. The molecule has 0 aromatic carbocycles. The highest BCUT2D eigenvalue weighted by molar-refractivity contribution is 5.77. The van der Waals surface area contributed by atoms with Crippen LogP contribution in [0.2, 0.25) is 0 Å². The molecule has 5 nitrogen and oxygen atoms in total. The van der Waals surface area contributed by atoms with Crippen LogP contribution in [0.15, 0.2) is 0 Å². The number of hydrogen-bond donors (Lipinski definition) is 1. The number of nitrogens with zero attached hydrogens (tertiary/aromatic N) is 2. The van der Waals surface area contributed by atoms with Gasteiger partial charge in [0.25, 0.3) is 0 Å². The highest BCUT2D eigenvalue weighted by atomic mass is 16.4. The number of piperidine rings is 1. The molecular formula is C14H26N2O3. The van der Waals surface area contributed by atoms with E-state index in [1.807, 2.05) is 20.9 Å². The maximum Gasteiger partial charge on any atom is 0.320 e. The number of rotatable bonds is 3. The maximum atomic E-state index is 12.4. The molecule has 1 aliphatic heterocycles. The van der Waals surface area contributed by atoms with E-state index in [1.54, 1.807) is 16.7 Å². The zero-order valence-corrected chi connectivity index (χ0v) is 12.7. The molecule has 0 spiro atoms. The lowest BCUT2D eigenvalue weighted by Gasteiger charge is -2.42. The monoisotopic (exact) mass is 270 g/mol. The summed E-state index contributed by atoms with van der Waals surface area (Å²) in [6, 6.07) is -0.000659. The largest absolute Gasteiger partial charge is 0.481 e. The van der Waals surface area contributed by atoms with Crippen molar-refractivity contribution in [3.05, 3.63) is 0 Å². The summed E-state index contributed by atoms with van der Waals surface area (Å²) in [6.07, 6.45) is 1.93. The molecule has 5 heteroatoms. The van der Waals surface area contributed by atoms with E-state index in [1.165, 1.54) is 0 Å². The number of amides is 2. The smallest absolute Gasteiger partial charge is 0.320 e. The Labute approximate surface area is 115 Å². The number of hydrogen-bond acceptors (Lipinski definition) is 2. The summed E-state index contributed by atoms with van der Waals surface area (Å²) < 4.78 is 0. The average molecular weight is 270 g/mol. The van der Waals surface area contributed by atoms with E-state index >= 15 is 0 Å². The molecule has 0 radical (unpaired) electrons. The number of urea groups is 1. The van der Waals surface area contributed by atoms with Crippen molar-refractivity contribution in [3.8, 4) is 0 Å². The Morgan fingerprint density at radius 2 is 1.79 bits per heavy atom. The Bertz CT molecular complexity index is 358. The molecule has 1 fully saturated rings. The fourth-order valence-electron chi connectivity index (χ4n) is 2.11. The fraction of sp³-hybridized carbons (Fsp3) is 0.857. The van der Waals surface area contributed by atoms with E-state index in [0.717, 1.165) is 6.42 Å². The van der Waals surface area contributed by atoms with Crippen LogP contribution in [0.1, 0.15) is 47.0 Å². The third-order valence-corrected chi connectivity index (χ3v) is 4.71. The van der Waals surface area contributed by atoms with Crippen molar-refractivity contribution in [1.82, 2.24) is 9.80 Å². The van der Waals surface area contributed by atoms with Gasteiger partial charge in [0.1, 0.15) is 0 Å². The van der Waals surface area contributed by atoms with Crippen molar-refractivity contribution in [1.29, 1.82) is 0 Å². The Morgan fingerprint density at radius 1 is 1.32 bits per heavy atom. The van der Waals surface area contributed by atoms with Gasteiger partial charge in [-0.05, 0) is 40.0 Å². The molecular weight excluding hydrogens is 244 g/mol. The lowest BCUT2D eigenvalue weighted by atomic mass is 9.80. The second-order valence-corrected chi connectivity index (χ2v) is 6.36. The molecule has 1 rings (SSSR count). The summed E-state index contributed by atoms with van der Waals surface area (Å²) in [7, 11) is 1.82. The number of carboxylic acid groups (broad SMARTS) is 1. The van der Waals surface area contributed by atoms with Gasteiger partial charge in [-0.2, -0.15) is 0 Å². The highest BCUT2D eigenvalue weighted by Crippen LogP contribution is 2.32. The molecule has 1 aliphatic rings. The van der Waals surface area contributed by atoms with Crippen LogP contribution < -0.4 is 0 Å². The zero-order valence-electron chi connectivity index (χ0n) is 12.7. The molecule has 2 amide bonds. The van der Waals surface area contributed by atoms with Crippen LogP contribution in [0.5, 0.6) is 0 Å². The lowest BCUT2D eigenvalue weighted by Crippen LogP contribution is -2.54. The third-order valence-electron chi connectivity index (χ3n) is 4.71. The number of carboxylic acids is 1. The molecule has 1 N–H and O–H groups in total. The normalized spacial score (nSPS) is 19.1. The number of aliphatic carboxylic acids is 1. The third kappa shape index (κ3) is 3.19. The van der Waals surface area contributed by atoms with Crippen molar-refractivity contribution < 1.29 is 14.7 Å². The maximum absolute atomic E-state index is 12.4. The van der Waals surface area contributed by atoms with Gasteiger partial charge in [-0.3, -0.25) is 4.79 Å². The van der Waals surface area contributed by atoms with E-state index in [-0.39, 0.29) is 11.6 Å². The first-order chi connectivity index (χ1) is 8.64. The number of likely N-dealkylation sites (tertiary alicyclic amines) is 1. The van der Waals surface area contributed by atoms with Gasteiger partial charge >= 0.3 is 12.0 Å². The van der Waals surface area contributed by atoms with Crippen LogP contribution in [0.25, 0.3) is 0 Å². The summed E-state index contributed by atoms with van der Waals surface area (Å²) in [5.41, 5.74) is -0.861. The van der Waals surface area contributed by atoms with Gasteiger partial charge in [0.15, 0.2) is 0 Å². The van der Waals surface area contributed by atoms with E-state index < -0.39 is 11.4 Å². The molecule has 110 valence electrons. The molecule has 0 saturated carbocycles. The predicted molar refractivity (Wildman–Crippen MR) is 74.1 cm³/mol. The van der Waals surface area contributed by atoms with Gasteiger partial charge in [-0.1, -0.05) is 6.92 Å². The molecule has 0 aliphatic carbocycles. The first-order valence-corrected chi connectivity index (χ1v) is 6.90. The second kappa shape index (κ2) is 5.39. The lowest BCUT2D eigenvalue weighted by molar-refractivity contribution is -0.150. The minimum Gasteiger partial charge on any atom is -0.481 e. The number of carbonyl (C=O) groups is 2. The summed E-state index contributed by atoms with van der Waals surface area (Å²) in [6.45, 7) is 8.93. The first-order valence-electron chi connectivity index (χ1n) is 6.90. The van der Waals surface area contributed by atoms with Crippen LogP contribution in [0, 0.1) is 5.41 Å². The van der Waals surface area contributed by atoms with Crippen LogP contribution in [0.4, 0.5) is 4.79 Å². The van der Waals surface area contributed by atoms with E-state index in [0.29, 0.717) is 25.9 Å². The molecule has 0 bridgehead atoms. The van der Waals surface area contributed by atoms with E-state index in [9.17, 15) is 14.7 Å². The summed E-state index contributed by atoms with van der Waals surface area (Å²) in [5.74, 6) is -0.762. The molecule has 1 heterocycles. The van der Waals surface area contributed by atoms with Gasteiger partial charge in [0.05, 0.1) is 5.41 Å². The topological polar surface area (TPSA) is 60.9 Å². The quantitative estimate of drug-likeness (QED) is 0.856. The Kier molecular flexibility index (Phi) is 4.48. The average Bonchev–Trinajstić information content (AvgIpc) is 2.37. The standard InChI is InChI=1S/C14H26N2O3/c1-6-13(2,3)15(5)12(19)16-9-7-14(4,8-10-16)11(17)18/h6-10H2,1-5H3,(H,17,18). The molecule has 0 unspecified atom stereocenters. The van der Waals surface area contributed by atoms with Gasteiger partial charge < -0.3 is 14.9 Å². The molecule has 0 aromatic heterocycles. The predicted octanol–water partition coefficient (Wildman–Crippen LogP) is 2.41. The van der Waals surface area contributed by atoms with E-state index in [4.69, 9.17) is 0 Å². The highest BCUT2D eigenvalue weighted by Gasteiger charge is 2.39.